The summed E-state index contributed by atoms with van der Waals surface area (Å²) in [7, 11) is 1.68. The van der Waals surface area contributed by atoms with Crippen LogP contribution in [0.4, 0.5) is 0 Å². The van der Waals surface area contributed by atoms with Crippen LogP contribution in [0.15, 0.2) is 53.1 Å². The summed E-state index contributed by atoms with van der Waals surface area (Å²) in [5, 5.41) is 4.69. The van der Waals surface area contributed by atoms with Crippen molar-refractivity contribution < 1.29 is 14.1 Å². The van der Waals surface area contributed by atoms with Gasteiger partial charge in [0.2, 0.25) is 0 Å². The predicted molar refractivity (Wildman–Crippen MR) is 120 cm³/mol. The third-order valence-corrected chi connectivity index (χ3v) is 5.95. The molecule has 31 heavy (non-hydrogen) atoms. The zero-order valence-corrected chi connectivity index (χ0v) is 18.6. The molecule has 0 radical (unpaired) electrons. The highest BCUT2D eigenvalue weighted by atomic mass is 35.5. The van der Waals surface area contributed by atoms with Crippen LogP contribution in [0.3, 0.4) is 0 Å². The summed E-state index contributed by atoms with van der Waals surface area (Å²) >= 11 is 6.35. The van der Waals surface area contributed by atoms with Crippen molar-refractivity contribution in [3.8, 4) is 17.0 Å². The van der Waals surface area contributed by atoms with Gasteiger partial charge in [0.15, 0.2) is 0 Å². The van der Waals surface area contributed by atoms with Crippen LogP contribution >= 0.6 is 11.6 Å². The summed E-state index contributed by atoms with van der Waals surface area (Å²) in [6, 6.07) is 15.5. The third kappa shape index (κ3) is 4.75. The van der Waals surface area contributed by atoms with Crippen LogP contribution in [0.5, 0.6) is 5.75 Å². The second-order valence-electron chi connectivity index (χ2n) is 7.72. The Kier molecular flexibility index (Phi) is 6.59. The second-order valence-corrected chi connectivity index (χ2v) is 8.12. The van der Waals surface area contributed by atoms with E-state index >= 15 is 0 Å². The minimum absolute atomic E-state index is 0.0584. The molecule has 1 aliphatic heterocycles. The largest absolute Gasteiger partial charge is 0.497 e. The maximum Gasteiger partial charge on any atom is 0.259 e. The molecule has 7 heteroatoms. The summed E-state index contributed by atoms with van der Waals surface area (Å²) < 4.78 is 10.7. The Morgan fingerprint density at radius 1 is 1.13 bits per heavy atom. The molecule has 1 aliphatic rings. The van der Waals surface area contributed by atoms with Crippen molar-refractivity contribution in [1.29, 1.82) is 0 Å². The molecule has 3 aromatic rings. The molecular formula is C24H26ClN3O3. The number of carbonyl (C=O) groups is 1. The van der Waals surface area contributed by atoms with Gasteiger partial charge in [-0.1, -0.05) is 47.1 Å². The van der Waals surface area contributed by atoms with Gasteiger partial charge in [0.1, 0.15) is 22.8 Å². The number of nitrogens with zero attached hydrogens (tertiary/aromatic N) is 3. The minimum Gasteiger partial charge on any atom is -0.497 e. The first kappa shape index (κ1) is 21.4. The van der Waals surface area contributed by atoms with Crippen molar-refractivity contribution >= 4 is 17.5 Å². The highest BCUT2D eigenvalue weighted by Gasteiger charge is 2.28. The Labute approximate surface area is 187 Å². The van der Waals surface area contributed by atoms with Gasteiger partial charge < -0.3 is 14.2 Å². The van der Waals surface area contributed by atoms with E-state index in [4.69, 9.17) is 20.9 Å². The quantitative estimate of drug-likeness (QED) is 0.578. The minimum atomic E-state index is -0.0584. The molecule has 0 unspecified atom stereocenters. The molecule has 1 saturated heterocycles. The first-order valence-corrected chi connectivity index (χ1v) is 10.8. The highest BCUT2D eigenvalue weighted by molar-refractivity contribution is 6.33. The number of ether oxygens (including phenoxy) is 1. The maximum atomic E-state index is 13.4. The maximum absolute atomic E-state index is 13.4. The number of amides is 1. The molecule has 2 heterocycles. The zero-order chi connectivity index (χ0) is 21.8. The number of rotatable bonds is 5. The number of hydrogen-bond acceptors (Lipinski definition) is 5. The Morgan fingerprint density at radius 2 is 1.97 bits per heavy atom. The van der Waals surface area contributed by atoms with E-state index in [1.165, 1.54) is 5.56 Å². The lowest BCUT2D eigenvalue weighted by atomic mass is 10.0. The van der Waals surface area contributed by atoms with Crippen LogP contribution in [0.25, 0.3) is 11.3 Å². The van der Waals surface area contributed by atoms with Crippen molar-refractivity contribution in [1.82, 2.24) is 15.0 Å². The van der Waals surface area contributed by atoms with Crippen molar-refractivity contribution in [3.05, 3.63) is 70.4 Å². The fourth-order valence-electron chi connectivity index (χ4n) is 3.98. The number of aromatic nitrogens is 1. The SMILES string of the molecule is COc1cccc(CN2CCCN(C(=O)c3c(-c4ccccc4Cl)noc3C)CC2)c1. The van der Waals surface area contributed by atoms with Crippen LogP contribution < -0.4 is 4.74 Å². The van der Waals surface area contributed by atoms with E-state index in [0.29, 0.717) is 40.7 Å². The Hall–Kier alpha value is -2.83. The van der Waals surface area contributed by atoms with Gasteiger partial charge in [-0.2, -0.15) is 0 Å². The fraction of sp³-hybridized carbons (Fsp3) is 0.333. The number of hydrogen-bond donors (Lipinski definition) is 0. The lowest BCUT2D eigenvalue weighted by Crippen LogP contribution is -2.35. The van der Waals surface area contributed by atoms with Crippen molar-refractivity contribution in [2.45, 2.75) is 19.9 Å². The van der Waals surface area contributed by atoms with Crippen LogP contribution in [0.2, 0.25) is 5.02 Å². The molecule has 1 amide bonds. The average molecular weight is 440 g/mol. The van der Waals surface area contributed by atoms with E-state index in [-0.39, 0.29) is 5.91 Å². The number of carbonyl (C=O) groups excluding carboxylic acids is 1. The Morgan fingerprint density at radius 3 is 2.77 bits per heavy atom. The van der Waals surface area contributed by atoms with Crippen LogP contribution in [-0.2, 0) is 6.54 Å². The van der Waals surface area contributed by atoms with Crippen LogP contribution in [-0.4, -0.2) is 54.2 Å². The van der Waals surface area contributed by atoms with E-state index in [9.17, 15) is 4.79 Å². The normalized spacial score (nSPS) is 15.0. The number of benzene rings is 2. The lowest BCUT2D eigenvalue weighted by molar-refractivity contribution is 0.0760. The predicted octanol–water partition coefficient (Wildman–Crippen LogP) is 4.66. The molecule has 6 nitrogen and oxygen atoms in total. The first-order valence-electron chi connectivity index (χ1n) is 10.4. The Balaban J connectivity index is 1.48. The van der Waals surface area contributed by atoms with Crippen molar-refractivity contribution in [2.75, 3.05) is 33.3 Å². The second kappa shape index (κ2) is 9.54. The van der Waals surface area contributed by atoms with E-state index in [0.717, 1.165) is 31.8 Å². The average Bonchev–Trinajstić information content (AvgIpc) is 3.00. The van der Waals surface area contributed by atoms with Gasteiger partial charge in [-0.3, -0.25) is 9.69 Å². The molecule has 2 aromatic carbocycles. The van der Waals surface area contributed by atoms with Crippen LogP contribution in [0.1, 0.15) is 28.1 Å². The van der Waals surface area contributed by atoms with E-state index in [1.54, 1.807) is 20.1 Å². The number of aryl methyl sites for hydroxylation is 1. The topological polar surface area (TPSA) is 58.8 Å². The van der Waals surface area contributed by atoms with Gasteiger partial charge in [-0.25, -0.2) is 0 Å². The number of methoxy groups -OCH3 is 1. The molecule has 4 rings (SSSR count). The molecule has 162 valence electrons. The van der Waals surface area contributed by atoms with Gasteiger partial charge in [0.25, 0.3) is 5.91 Å². The molecule has 1 aromatic heterocycles. The molecular weight excluding hydrogens is 414 g/mol. The van der Waals surface area contributed by atoms with Gasteiger partial charge in [-0.05, 0) is 37.1 Å². The summed E-state index contributed by atoms with van der Waals surface area (Å²) in [5.41, 5.74) is 2.91. The summed E-state index contributed by atoms with van der Waals surface area (Å²) in [6.45, 7) is 5.68. The number of halogens is 1. The van der Waals surface area contributed by atoms with E-state index in [2.05, 4.69) is 22.2 Å². The van der Waals surface area contributed by atoms with E-state index in [1.807, 2.05) is 35.2 Å². The summed E-state index contributed by atoms with van der Waals surface area (Å²) in [4.78, 5) is 17.7. The summed E-state index contributed by atoms with van der Waals surface area (Å²) in [5.74, 6) is 1.31. The van der Waals surface area contributed by atoms with E-state index < -0.39 is 0 Å². The Bertz CT molecular complexity index is 1070. The molecule has 0 spiro atoms. The summed E-state index contributed by atoms with van der Waals surface area (Å²) in [6.07, 6.45) is 0.904. The molecule has 0 aliphatic carbocycles. The smallest absolute Gasteiger partial charge is 0.259 e. The van der Waals surface area contributed by atoms with Crippen LogP contribution in [0, 0.1) is 6.92 Å². The molecule has 0 bridgehead atoms. The van der Waals surface area contributed by atoms with Crippen molar-refractivity contribution in [3.63, 3.8) is 0 Å². The van der Waals surface area contributed by atoms with Gasteiger partial charge in [-0.15, -0.1) is 0 Å². The van der Waals surface area contributed by atoms with Gasteiger partial charge in [0.05, 0.1) is 12.1 Å². The highest BCUT2D eigenvalue weighted by Crippen LogP contribution is 2.32. The molecule has 0 saturated carbocycles. The standard InChI is InChI=1S/C24H26ClN3O3/c1-17-22(23(26-31-17)20-9-3-4-10-21(20)25)24(29)28-12-6-11-27(13-14-28)16-18-7-5-8-19(15-18)30-2/h3-5,7-10,15H,6,11-14,16H2,1-2H3. The zero-order valence-electron chi connectivity index (χ0n) is 17.8. The monoisotopic (exact) mass is 439 g/mol. The lowest BCUT2D eigenvalue weighted by Gasteiger charge is -2.22. The van der Waals surface area contributed by atoms with Crippen molar-refractivity contribution in [2.24, 2.45) is 0 Å². The van der Waals surface area contributed by atoms with Gasteiger partial charge >= 0.3 is 0 Å². The molecule has 0 N–H and O–H groups in total. The first-order chi connectivity index (χ1) is 15.1. The fourth-order valence-corrected chi connectivity index (χ4v) is 4.21. The molecule has 0 atom stereocenters. The third-order valence-electron chi connectivity index (χ3n) is 5.62. The van der Waals surface area contributed by atoms with Gasteiger partial charge in [0, 0.05) is 38.3 Å². The molecule has 1 fully saturated rings.